The molecule has 14 heavy (non-hydrogen) atoms. The molecule has 0 aliphatic heterocycles. The number of halogens is 2. The van der Waals surface area contributed by atoms with Crippen LogP contribution < -0.4 is 0 Å². The van der Waals surface area contributed by atoms with Crippen LogP contribution in [0.15, 0.2) is 12.7 Å². The van der Waals surface area contributed by atoms with E-state index >= 15 is 0 Å². The molecular weight excluding hydrogens is 182 g/mol. The Morgan fingerprint density at radius 3 is 2.07 bits per heavy atom. The van der Waals surface area contributed by atoms with Crippen LogP contribution in [0.5, 0.6) is 0 Å². The van der Waals surface area contributed by atoms with Crippen LogP contribution in [0.2, 0.25) is 0 Å². The molecule has 0 nitrogen and oxygen atoms in total. The zero-order valence-electron chi connectivity index (χ0n) is 8.75. The van der Waals surface area contributed by atoms with Crippen LogP contribution in [0, 0.1) is 32.4 Å². The van der Waals surface area contributed by atoms with Crippen LogP contribution in [-0.4, -0.2) is 0 Å². The van der Waals surface area contributed by atoms with E-state index in [1.165, 1.54) is 0 Å². The number of rotatable bonds is 2. The maximum Gasteiger partial charge on any atom is 0.162 e. The highest BCUT2D eigenvalue weighted by atomic mass is 19.2. The van der Waals surface area contributed by atoms with E-state index in [9.17, 15) is 8.78 Å². The molecule has 0 aliphatic carbocycles. The Kier molecular flexibility index (Phi) is 3.04. The Morgan fingerprint density at radius 2 is 1.57 bits per heavy atom. The minimum absolute atomic E-state index is 0.371. The van der Waals surface area contributed by atoms with Gasteiger partial charge >= 0.3 is 0 Å². The normalized spacial score (nSPS) is 10.4. The van der Waals surface area contributed by atoms with Crippen LogP contribution in [0.25, 0.3) is 0 Å². The fourth-order valence-electron chi connectivity index (χ4n) is 1.52. The average molecular weight is 196 g/mol. The first kappa shape index (κ1) is 10.9. The summed E-state index contributed by atoms with van der Waals surface area (Å²) < 4.78 is 26.8. The lowest BCUT2D eigenvalue weighted by Crippen LogP contribution is -2.03. The quantitative estimate of drug-likeness (QED) is 0.634. The topological polar surface area (TPSA) is 0 Å². The molecule has 0 saturated heterocycles. The minimum atomic E-state index is -0.732. The summed E-state index contributed by atoms with van der Waals surface area (Å²) >= 11 is 0. The molecule has 2 heteroatoms. The summed E-state index contributed by atoms with van der Waals surface area (Å²) in [5, 5.41) is 0. The molecule has 0 saturated carbocycles. The third-order valence-electron chi connectivity index (χ3n) is 2.71. The van der Waals surface area contributed by atoms with Gasteiger partial charge in [-0.25, -0.2) is 8.78 Å². The van der Waals surface area contributed by atoms with Gasteiger partial charge in [-0.3, -0.25) is 0 Å². The van der Waals surface area contributed by atoms with Gasteiger partial charge in [0.05, 0.1) is 0 Å². The van der Waals surface area contributed by atoms with Gasteiger partial charge in [0.25, 0.3) is 0 Å². The number of benzene rings is 1. The number of hydrogen-bond acceptors (Lipinski definition) is 0. The number of hydrogen-bond donors (Lipinski definition) is 0. The van der Waals surface area contributed by atoms with Crippen molar-refractivity contribution in [1.82, 2.24) is 0 Å². The van der Waals surface area contributed by atoms with Gasteiger partial charge in [-0.2, -0.15) is 0 Å². The van der Waals surface area contributed by atoms with Crippen molar-refractivity contribution >= 4 is 0 Å². The summed E-state index contributed by atoms with van der Waals surface area (Å²) in [6, 6.07) is 0. The summed E-state index contributed by atoms with van der Waals surface area (Å²) in [6.45, 7) is 8.74. The molecule has 0 radical (unpaired) electrons. The molecule has 1 aromatic rings. The van der Waals surface area contributed by atoms with E-state index in [2.05, 4.69) is 6.58 Å². The third-order valence-corrected chi connectivity index (χ3v) is 2.71. The standard InChI is InChI=1S/C12H14F2/c1-5-6-10-8(3)7(2)9(4)11(13)12(10)14/h5H,1,6H2,2-4H3. The monoisotopic (exact) mass is 196 g/mol. The lowest BCUT2D eigenvalue weighted by Gasteiger charge is -2.12. The second-order valence-corrected chi connectivity index (χ2v) is 3.47. The van der Waals surface area contributed by atoms with E-state index in [1.807, 2.05) is 6.92 Å². The molecule has 0 bridgehead atoms. The summed E-state index contributed by atoms with van der Waals surface area (Å²) in [4.78, 5) is 0. The summed E-state index contributed by atoms with van der Waals surface area (Å²) in [5.41, 5.74) is 2.45. The van der Waals surface area contributed by atoms with E-state index in [0.717, 1.165) is 11.1 Å². The van der Waals surface area contributed by atoms with Gasteiger partial charge in [0.2, 0.25) is 0 Å². The van der Waals surface area contributed by atoms with E-state index in [4.69, 9.17) is 0 Å². The average Bonchev–Trinajstić information content (AvgIpc) is 2.19. The molecule has 0 heterocycles. The van der Waals surface area contributed by atoms with Gasteiger partial charge in [0, 0.05) is 0 Å². The lowest BCUT2D eigenvalue weighted by molar-refractivity contribution is 0.493. The molecule has 0 fully saturated rings. The summed E-state index contributed by atoms with van der Waals surface area (Å²) in [6.07, 6.45) is 1.95. The smallest absolute Gasteiger partial charge is 0.162 e. The second-order valence-electron chi connectivity index (χ2n) is 3.47. The largest absolute Gasteiger partial charge is 0.203 e. The van der Waals surface area contributed by atoms with Crippen LogP contribution in [0.3, 0.4) is 0 Å². The van der Waals surface area contributed by atoms with Gasteiger partial charge in [-0.05, 0) is 49.4 Å². The van der Waals surface area contributed by atoms with Crippen molar-refractivity contribution in [2.24, 2.45) is 0 Å². The van der Waals surface area contributed by atoms with Crippen molar-refractivity contribution in [3.05, 3.63) is 46.5 Å². The van der Waals surface area contributed by atoms with Crippen LogP contribution in [0.1, 0.15) is 22.3 Å². The van der Waals surface area contributed by atoms with E-state index < -0.39 is 11.6 Å². The maximum atomic E-state index is 13.5. The van der Waals surface area contributed by atoms with Crippen molar-refractivity contribution in [3.8, 4) is 0 Å². The van der Waals surface area contributed by atoms with E-state index in [-0.39, 0.29) is 0 Å². The van der Waals surface area contributed by atoms with Crippen molar-refractivity contribution in [2.75, 3.05) is 0 Å². The van der Waals surface area contributed by atoms with Crippen molar-refractivity contribution in [2.45, 2.75) is 27.2 Å². The first-order valence-corrected chi connectivity index (χ1v) is 4.55. The van der Waals surface area contributed by atoms with Gasteiger partial charge in [0.1, 0.15) is 0 Å². The molecule has 0 amide bonds. The molecule has 0 aromatic heterocycles. The summed E-state index contributed by atoms with van der Waals surface area (Å²) in [5.74, 6) is -1.46. The molecule has 1 rings (SSSR count). The van der Waals surface area contributed by atoms with E-state index in [1.54, 1.807) is 19.9 Å². The molecule has 1 aromatic carbocycles. The van der Waals surface area contributed by atoms with Crippen molar-refractivity contribution in [3.63, 3.8) is 0 Å². The van der Waals surface area contributed by atoms with Crippen LogP contribution >= 0.6 is 0 Å². The second kappa shape index (κ2) is 3.91. The zero-order chi connectivity index (χ0) is 10.9. The Bertz CT molecular complexity index is 349. The molecule has 0 atom stereocenters. The van der Waals surface area contributed by atoms with Crippen LogP contribution in [-0.2, 0) is 6.42 Å². The Morgan fingerprint density at radius 1 is 1.00 bits per heavy atom. The third kappa shape index (κ3) is 1.57. The first-order chi connectivity index (χ1) is 6.50. The fourth-order valence-corrected chi connectivity index (χ4v) is 1.52. The predicted octanol–water partition coefficient (Wildman–Crippen LogP) is 3.62. The van der Waals surface area contributed by atoms with Crippen molar-refractivity contribution < 1.29 is 8.78 Å². The molecule has 76 valence electrons. The molecule has 0 aliphatic rings. The van der Waals surface area contributed by atoms with E-state index in [0.29, 0.717) is 17.5 Å². The van der Waals surface area contributed by atoms with Gasteiger partial charge in [-0.1, -0.05) is 6.08 Å². The molecule has 0 N–H and O–H groups in total. The zero-order valence-corrected chi connectivity index (χ0v) is 8.75. The number of allylic oxidation sites excluding steroid dienone is 1. The Labute approximate surface area is 83.3 Å². The SMILES string of the molecule is C=CCc1c(C)c(C)c(C)c(F)c1F. The summed E-state index contributed by atoms with van der Waals surface area (Å²) in [7, 11) is 0. The van der Waals surface area contributed by atoms with Gasteiger partial charge < -0.3 is 0 Å². The van der Waals surface area contributed by atoms with Crippen LogP contribution in [0.4, 0.5) is 8.78 Å². The highest BCUT2D eigenvalue weighted by molar-refractivity contribution is 5.41. The van der Waals surface area contributed by atoms with Gasteiger partial charge in [-0.15, -0.1) is 6.58 Å². The molecule has 0 unspecified atom stereocenters. The molecular formula is C12H14F2. The fraction of sp³-hybridized carbons (Fsp3) is 0.333. The van der Waals surface area contributed by atoms with Gasteiger partial charge in [0.15, 0.2) is 11.6 Å². The molecule has 0 spiro atoms. The Balaban J connectivity index is 3.50. The maximum absolute atomic E-state index is 13.5. The van der Waals surface area contributed by atoms with Crippen molar-refractivity contribution in [1.29, 1.82) is 0 Å². The predicted molar refractivity (Wildman–Crippen MR) is 54.5 cm³/mol. The minimum Gasteiger partial charge on any atom is -0.203 e. The lowest BCUT2D eigenvalue weighted by atomic mass is 9.96. The Hall–Kier alpha value is -1.18. The highest BCUT2D eigenvalue weighted by Gasteiger charge is 2.16. The highest BCUT2D eigenvalue weighted by Crippen LogP contribution is 2.25. The first-order valence-electron chi connectivity index (χ1n) is 4.55.